The van der Waals surface area contributed by atoms with Crippen molar-refractivity contribution in [3.05, 3.63) is 40.6 Å². The second-order valence-corrected chi connectivity index (χ2v) is 5.10. The second kappa shape index (κ2) is 4.91. The molecule has 0 amide bonds. The van der Waals surface area contributed by atoms with Crippen molar-refractivity contribution >= 4 is 34.0 Å². The lowest BCUT2D eigenvalue weighted by molar-refractivity contribution is 0.192. The fourth-order valence-electron chi connectivity index (χ4n) is 1.89. The molecule has 98 valence electrons. The summed E-state index contributed by atoms with van der Waals surface area (Å²) in [5.41, 5.74) is 9.05. The van der Waals surface area contributed by atoms with Gasteiger partial charge in [-0.3, -0.25) is 0 Å². The monoisotopic (exact) mass is 274 g/mol. The maximum Gasteiger partial charge on any atom is 0.201 e. The normalized spacial score (nSPS) is 12.7. The van der Waals surface area contributed by atoms with E-state index in [4.69, 9.17) is 5.73 Å². The highest BCUT2D eigenvalue weighted by molar-refractivity contribution is 7.07. The van der Waals surface area contributed by atoms with Crippen LogP contribution in [0.2, 0.25) is 0 Å². The SMILES string of the molecule is Nc1ccc2nc(NCC(O)c3ccsc3)[nH]c2c1. The van der Waals surface area contributed by atoms with Crippen LogP contribution < -0.4 is 11.1 Å². The number of fused-ring (bicyclic) bond motifs is 1. The Labute approximate surface area is 114 Å². The standard InChI is InChI=1S/C13H14N4OS/c14-9-1-2-10-11(5-9)17-13(16-10)15-6-12(18)8-3-4-19-7-8/h1-5,7,12,18H,6,14H2,(H2,15,16,17). The minimum absolute atomic E-state index is 0.409. The highest BCUT2D eigenvalue weighted by Crippen LogP contribution is 2.19. The van der Waals surface area contributed by atoms with Gasteiger partial charge in [0, 0.05) is 12.2 Å². The summed E-state index contributed by atoms with van der Waals surface area (Å²) in [5, 5.41) is 16.9. The van der Waals surface area contributed by atoms with Gasteiger partial charge in [-0.2, -0.15) is 11.3 Å². The summed E-state index contributed by atoms with van der Waals surface area (Å²) < 4.78 is 0. The van der Waals surface area contributed by atoms with Crippen molar-refractivity contribution in [3.8, 4) is 0 Å². The van der Waals surface area contributed by atoms with E-state index in [1.165, 1.54) is 0 Å². The Balaban J connectivity index is 1.71. The van der Waals surface area contributed by atoms with Crippen LogP contribution in [0.3, 0.4) is 0 Å². The van der Waals surface area contributed by atoms with Crippen LogP contribution in [0.25, 0.3) is 11.0 Å². The van der Waals surface area contributed by atoms with Gasteiger partial charge in [-0.25, -0.2) is 4.98 Å². The lowest BCUT2D eigenvalue weighted by Crippen LogP contribution is -2.12. The van der Waals surface area contributed by atoms with Crippen LogP contribution >= 0.6 is 11.3 Å². The Morgan fingerprint density at radius 3 is 3.11 bits per heavy atom. The topological polar surface area (TPSA) is 87.0 Å². The molecule has 0 bridgehead atoms. The van der Waals surface area contributed by atoms with Gasteiger partial charge in [-0.1, -0.05) is 0 Å². The molecule has 0 saturated carbocycles. The fraction of sp³-hybridized carbons (Fsp3) is 0.154. The molecule has 6 heteroatoms. The molecule has 5 nitrogen and oxygen atoms in total. The van der Waals surface area contributed by atoms with Gasteiger partial charge in [0.25, 0.3) is 0 Å². The van der Waals surface area contributed by atoms with Gasteiger partial charge in [0.1, 0.15) is 0 Å². The number of rotatable bonds is 4. The third-order valence-electron chi connectivity index (χ3n) is 2.90. The maximum atomic E-state index is 9.97. The molecule has 3 rings (SSSR count). The molecule has 0 aliphatic heterocycles. The lowest BCUT2D eigenvalue weighted by atomic mass is 10.2. The number of H-pyrrole nitrogens is 1. The van der Waals surface area contributed by atoms with E-state index in [9.17, 15) is 5.11 Å². The number of aromatic amines is 1. The Morgan fingerprint density at radius 1 is 1.42 bits per heavy atom. The molecule has 2 aromatic heterocycles. The van der Waals surface area contributed by atoms with Crippen LogP contribution in [-0.4, -0.2) is 21.6 Å². The number of hydrogen-bond acceptors (Lipinski definition) is 5. The van der Waals surface area contributed by atoms with Gasteiger partial charge < -0.3 is 21.1 Å². The average Bonchev–Trinajstić information content (AvgIpc) is 3.04. The van der Waals surface area contributed by atoms with Gasteiger partial charge >= 0.3 is 0 Å². The van der Waals surface area contributed by atoms with E-state index in [0.29, 0.717) is 18.2 Å². The van der Waals surface area contributed by atoms with Crippen molar-refractivity contribution in [2.24, 2.45) is 0 Å². The lowest BCUT2D eigenvalue weighted by Gasteiger charge is -2.09. The van der Waals surface area contributed by atoms with E-state index >= 15 is 0 Å². The first-order chi connectivity index (χ1) is 9.22. The van der Waals surface area contributed by atoms with Crippen molar-refractivity contribution in [1.82, 2.24) is 9.97 Å². The van der Waals surface area contributed by atoms with Crippen LogP contribution in [0.15, 0.2) is 35.0 Å². The number of nitrogens with one attached hydrogen (secondary N) is 2. The van der Waals surface area contributed by atoms with Crippen LogP contribution in [-0.2, 0) is 0 Å². The molecular weight excluding hydrogens is 260 g/mol. The molecule has 5 N–H and O–H groups in total. The molecule has 2 heterocycles. The highest BCUT2D eigenvalue weighted by Gasteiger charge is 2.09. The van der Waals surface area contributed by atoms with Crippen molar-refractivity contribution in [2.45, 2.75) is 6.10 Å². The summed E-state index contributed by atoms with van der Waals surface area (Å²) in [5.74, 6) is 0.634. The van der Waals surface area contributed by atoms with Crippen LogP contribution in [0.5, 0.6) is 0 Å². The molecular formula is C13H14N4OS. The van der Waals surface area contributed by atoms with E-state index in [2.05, 4.69) is 15.3 Å². The Hall–Kier alpha value is -2.05. The molecule has 0 aliphatic carbocycles. The predicted octanol–water partition coefficient (Wildman–Crippen LogP) is 2.35. The average molecular weight is 274 g/mol. The summed E-state index contributed by atoms with van der Waals surface area (Å²) >= 11 is 1.57. The van der Waals surface area contributed by atoms with E-state index < -0.39 is 6.10 Å². The van der Waals surface area contributed by atoms with Gasteiger partial charge in [0.2, 0.25) is 5.95 Å². The number of thiophene rings is 1. The number of aromatic nitrogens is 2. The Morgan fingerprint density at radius 2 is 2.32 bits per heavy atom. The first-order valence-corrected chi connectivity index (χ1v) is 6.86. The minimum Gasteiger partial charge on any atom is -0.399 e. The van der Waals surface area contributed by atoms with Crippen molar-refractivity contribution in [3.63, 3.8) is 0 Å². The molecule has 1 atom stereocenters. The predicted molar refractivity (Wildman–Crippen MR) is 78.3 cm³/mol. The molecule has 0 spiro atoms. The summed E-state index contributed by atoms with van der Waals surface area (Å²) in [6, 6.07) is 7.42. The smallest absolute Gasteiger partial charge is 0.201 e. The number of nitrogen functional groups attached to an aromatic ring is 1. The summed E-state index contributed by atoms with van der Waals surface area (Å²) in [6.45, 7) is 0.409. The first-order valence-electron chi connectivity index (χ1n) is 5.91. The number of hydrogen-bond donors (Lipinski definition) is 4. The quantitative estimate of drug-likeness (QED) is 0.550. The van der Waals surface area contributed by atoms with E-state index in [1.807, 2.05) is 35.0 Å². The number of nitrogens with zero attached hydrogens (tertiary/aromatic N) is 1. The molecule has 0 radical (unpaired) electrons. The summed E-state index contributed by atoms with van der Waals surface area (Å²) in [7, 11) is 0. The zero-order valence-electron chi connectivity index (χ0n) is 10.1. The molecule has 3 aromatic rings. The van der Waals surface area contributed by atoms with E-state index in [-0.39, 0.29) is 0 Å². The molecule has 1 aromatic carbocycles. The number of aliphatic hydroxyl groups is 1. The Kier molecular flexibility index (Phi) is 3.10. The number of aliphatic hydroxyl groups excluding tert-OH is 1. The largest absolute Gasteiger partial charge is 0.399 e. The van der Waals surface area contributed by atoms with Crippen LogP contribution in [0, 0.1) is 0 Å². The molecule has 1 unspecified atom stereocenters. The molecule has 0 saturated heterocycles. The number of nitrogens with two attached hydrogens (primary N) is 1. The van der Waals surface area contributed by atoms with Crippen LogP contribution in [0.4, 0.5) is 11.6 Å². The number of anilines is 2. The minimum atomic E-state index is -0.537. The number of imidazole rings is 1. The first kappa shape index (κ1) is 12.0. The third-order valence-corrected chi connectivity index (χ3v) is 3.60. The second-order valence-electron chi connectivity index (χ2n) is 4.32. The molecule has 19 heavy (non-hydrogen) atoms. The van der Waals surface area contributed by atoms with Crippen LogP contribution in [0.1, 0.15) is 11.7 Å². The zero-order chi connectivity index (χ0) is 13.2. The Bertz CT molecular complexity index is 677. The van der Waals surface area contributed by atoms with Gasteiger partial charge in [-0.05, 0) is 40.6 Å². The van der Waals surface area contributed by atoms with Crippen molar-refractivity contribution in [2.75, 3.05) is 17.6 Å². The summed E-state index contributed by atoms with van der Waals surface area (Å²) in [4.78, 5) is 7.50. The van der Waals surface area contributed by atoms with Crippen molar-refractivity contribution in [1.29, 1.82) is 0 Å². The van der Waals surface area contributed by atoms with Crippen molar-refractivity contribution < 1.29 is 5.11 Å². The zero-order valence-corrected chi connectivity index (χ0v) is 10.9. The molecule has 0 fully saturated rings. The van der Waals surface area contributed by atoms with E-state index in [1.54, 1.807) is 11.3 Å². The van der Waals surface area contributed by atoms with E-state index in [0.717, 1.165) is 16.6 Å². The number of benzene rings is 1. The van der Waals surface area contributed by atoms with Gasteiger partial charge in [-0.15, -0.1) is 0 Å². The third kappa shape index (κ3) is 2.54. The maximum absolute atomic E-state index is 9.97. The van der Waals surface area contributed by atoms with Gasteiger partial charge in [0.15, 0.2) is 0 Å². The fourth-order valence-corrected chi connectivity index (χ4v) is 2.59. The summed E-state index contributed by atoms with van der Waals surface area (Å²) in [6.07, 6.45) is -0.537. The highest BCUT2D eigenvalue weighted by atomic mass is 32.1. The molecule has 0 aliphatic rings. The van der Waals surface area contributed by atoms with Gasteiger partial charge in [0.05, 0.1) is 17.1 Å².